The van der Waals surface area contributed by atoms with Crippen molar-refractivity contribution in [1.82, 2.24) is 0 Å². The van der Waals surface area contributed by atoms with Crippen molar-refractivity contribution in [3.05, 3.63) is 54.5 Å². The Balaban J connectivity index is 2.01. The van der Waals surface area contributed by atoms with Crippen LogP contribution in [0.5, 0.6) is 0 Å². The van der Waals surface area contributed by atoms with E-state index in [9.17, 15) is 9.59 Å². The molecule has 0 aliphatic heterocycles. The van der Waals surface area contributed by atoms with Gasteiger partial charge in [0, 0.05) is 11.0 Å². The molecule has 0 aliphatic rings. The van der Waals surface area contributed by atoms with Gasteiger partial charge in [0.15, 0.2) is 0 Å². The molecule has 5 nitrogen and oxygen atoms in total. The number of carbonyl (C=O) groups excluding carboxylic acids is 2. The summed E-state index contributed by atoms with van der Waals surface area (Å²) in [5.74, 6) is 0.0775. The first-order valence-corrected chi connectivity index (χ1v) is 7.16. The molecule has 2 rings (SSSR count). The number of nitrogens with two attached hydrogens (primary N) is 1. The predicted molar refractivity (Wildman–Crippen MR) is 82.7 cm³/mol. The highest BCUT2D eigenvalue weighted by Crippen LogP contribution is 2.26. The van der Waals surface area contributed by atoms with Crippen LogP contribution in [0.1, 0.15) is 5.76 Å². The predicted octanol–water partition coefficient (Wildman–Crippen LogP) is 2.51. The van der Waals surface area contributed by atoms with E-state index in [0.717, 1.165) is 4.90 Å². The average molecular weight is 302 g/mol. The molecular weight excluding hydrogens is 288 g/mol. The zero-order valence-electron chi connectivity index (χ0n) is 11.1. The zero-order chi connectivity index (χ0) is 15.1. The van der Waals surface area contributed by atoms with E-state index >= 15 is 0 Å². The van der Waals surface area contributed by atoms with Gasteiger partial charge in [-0.3, -0.25) is 9.59 Å². The maximum Gasteiger partial charge on any atom is 0.248 e. The Kier molecular flexibility index (Phi) is 5.22. The maximum absolute atomic E-state index is 11.9. The number of hydrogen-bond donors (Lipinski definition) is 2. The Hall–Kier alpha value is -2.47. The van der Waals surface area contributed by atoms with E-state index in [2.05, 4.69) is 5.32 Å². The van der Waals surface area contributed by atoms with E-state index in [1.165, 1.54) is 24.1 Å². The topological polar surface area (TPSA) is 85.3 Å². The summed E-state index contributed by atoms with van der Waals surface area (Å²) in [7, 11) is 0. The molecule has 0 radical (unpaired) electrons. The van der Waals surface area contributed by atoms with E-state index < -0.39 is 5.91 Å². The largest absolute Gasteiger partial charge is 0.465 e. The molecule has 0 saturated heterocycles. The van der Waals surface area contributed by atoms with Crippen molar-refractivity contribution in [3.8, 4) is 0 Å². The SMILES string of the molecule is NC(=O)CSc1ccccc1NC(=O)C=Cc1ccco1. The standard InChI is InChI=1S/C15H14N2O3S/c16-14(18)10-21-13-6-2-1-5-12(13)17-15(19)8-7-11-4-3-9-20-11/h1-9H,10H2,(H2,16,18)(H,17,19). The summed E-state index contributed by atoms with van der Waals surface area (Å²) in [6.07, 6.45) is 4.50. The number of para-hydroxylation sites is 1. The van der Waals surface area contributed by atoms with Crippen molar-refractivity contribution in [2.24, 2.45) is 5.73 Å². The quantitative estimate of drug-likeness (QED) is 0.634. The van der Waals surface area contributed by atoms with E-state index in [1.54, 1.807) is 30.3 Å². The van der Waals surface area contributed by atoms with Crippen molar-refractivity contribution in [2.75, 3.05) is 11.1 Å². The highest BCUT2D eigenvalue weighted by atomic mass is 32.2. The molecule has 3 N–H and O–H groups in total. The molecule has 1 aromatic carbocycles. The number of amides is 2. The molecular formula is C15H14N2O3S. The molecule has 108 valence electrons. The molecule has 0 fully saturated rings. The number of benzene rings is 1. The van der Waals surface area contributed by atoms with Crippen LogP contribution < -0.4 is 11.1 Å². The van der Waals surface area contributed by atoms with Gasteiger partial charge in [-0.25, -0.2) is 0 Å². The summed E-state index contributed by atoms with van der Waals surface area (Å²) in [5.41, 5.74) is 5.76. The molecule has 21 heavy (non-hydrogen) atoms. The van der Waals surface area contributed by atoms with Gasteiger partial charge >= 0.3 is 0 Å². The third kappa shape index (κ3) is 4.85. The van der Waals surface area contributed by atoms with E-state index in [-0.39, 0.29) is 11.7 Å². The fourth-order valence-electron chi connectivity index (χ4n) is 1.56. The van der Waals surface area contributed by atoms with Gasteiger partial charge in [0.1, 0.15) is 5.76 Å². The summed E-state index contributed by atoms with van der Waals surface area (Å²) in [6, 6.07) is 10.7. The van der Waals surface area contributed by atoms with Gasteiger partial charge in [0.2, 0.25) is 11.8 Å². The lowest BCUT2D eigenvalue weighted by atomic mass is 10.3. The minimum atomic E-state index is -0.404. The number of hydrogen-bond acceptors (Lipinski definition) is 4. The normalized spacial score (nSPS) is 10.7. The van der Waals surface area contributed by atoms with Crippen molar-refractivity contribution >= 4 is 35.3 Å². The van der Waals surface area contributed by atoms with Crippen LogP contribution in [-0.2, 0) is 9.59 Å². The second kappa shape index (κ2) is 7.35. The Bertz CT molecular complexity index is 651. The molecule has 0 spiro atoms. The monoisotopic (exact) mass is 302 g/mol. The molecule has 2 aromatic rings. The van der Waals surface area contributed by atoms with Crippen LogP contribution in [0.4, 0.5) is 5.69 Å². The van der Waals surface area contributed by atoms with E-state index in [1.807, 2.05) is 12.1 Å². The van der Waals surface area contributed by atoms with Gasteiger partial charge in [-0.2, -0.15) is 0 Å². The lowest BCUT2D eigenvalue weighted by molar-refractivity contribution is -0.115. The zero-order valence-corrected chi connectivity index (χ0v) is 11.9. The molecule has 1 aromatic heterocycles. The van der Waals surface area contributed by atoms with Crippen LogP contribution in [-0.4, -0.2) is 17.6 Å². The summed E-state index contributed by atoms with van der Waals surface area (Å²) in [4.78, 5) is 23.5. The van der Waals surface area contributed by atoms with Crippen LogP contribution in [0.25, 0.3) is 6.08 Å². The summed E-state index contributed by atoms with van der Waals surface area (Å²) >= 11 is 1.28. The molecule has 0 aliphatic carbocycles. The molecule has 0 unspecified atom stereocenters. The average Bonchev–Trinajstić information content (AvgIpc) is 2.97. The minimum Gasteiger partial charge on any atom is -0.465 e. The Morgan fingerprint density at radius 1 is 1.24 bits per heavy atom. The fraction of sp³-hybridized carbons (Fsp3) is 0.0667. The first-order valence-electron chi connectivity index (χ1n) is 6.18. The van der Waals surface area contributed by atoms with Gasteiger partial charge in [0.25, 0.3) is 0 Å². The number of rotatable bonds is 6. The van der Waals surface area contributed by atoms with Crippen LogP contribution in [0, 0.1) is 0 Å². The molecule has 2 amide bonds. The van der Waals surface area contributed by atoms with Crippen molar-refractivity contribution < 1.29 is 14.0 Å². The number of nitrogens with one attached hydrogen (secondary N) is 1. The molecule has 6 heteroatoms. The summed E-state index contributed by atoms with van der Waals surface area (Å²) in [5, 5.41) is 2.76. The van der Waals surface area contributed by atoms with E-state index in [0.29, 0.717) is 11.4 Å². The fourth-order valence-corrected chi connectivity index (χ4v) is 2.31. The number of furan rings is 1. The number of thioether (sulfide) groups is 1. The van der Waals surface area contributed by atoms with Gasteiger partial charge in [-0.1, -0.05) is 12.1 Å². The molecule has 1 heterocycles. The Morgan fingerprint density at radius 2 is 2.05 bits per heavy atom. The lowest BCUT2D eigenvalue weighted by Crippen LogP contribution is -2.13. The first-order chi connectivity index (χ1) is 10.1. The second-order valence-electron chi connectivity index (χ2n) is 4.09. The third-order valence-electron chi connectivity index (χ3n) is 2.46. The maximum atomic E-state index is 11.9. The first kappa shape index (κ1) is 14.9. The molecule has 0 atom stereocenters. The van der Waals surface area contributed by atoms with Crippen LogP contribution >= 0.6 is 11.8 Å². The van der Waals surface area contributed by atoms with Crippen molar-refractivity contribution in [3.63, 3.8) is 0 Å². The minimum absolute atomic E-state index is 0.162. The summed E-state index contributed by atoms with van der Waals surface area (Å²) < 4.78 is 5.10. The summed E-state index contributed by atoms with van der Waals surface area (Å²) in [6.45, 7) is 0. The van der Waals surface area contributed by atoms with Crippen LogP contribution in [0.3, 0.4) is 0 Å². The molecule has 0 saturated carbocycles. The number of carbonyl (C=O) groups is 2. The number of primary amides is 1. The van der Waals surface area contributed by atoms with Crippen molar-refractivity contribution in [2.45, 2.75) is 4.90 Å². The van der Waals surface area contributed by atoms with Crippen molar-refractivity contribution in [1.29, 1.82) is 0 Å². The van der Waals surface area contributed by atoms with Gasteiger partial charge in [-0.15, -0.1) is 11.8 Å². The van der Waals surface area contributed by atoms with E-state index in [4.69, 9.17) is 10.2 Å². The number of anilines is 1. The second-order valence-corrected chi connectivity index (χ2v) is 5.11. The highest BCUT2D eigenvalue weighted by Gasteiger charge is 2.06. The van der Waals surface area contributed by atoms with Gasteiger partial charge in [0.05, 0.1) is 17.7 Å². The third-order valence-corrected chi connectivity index (χ3v) is 3.55. The molecule has 0 bridgehead atoms. The van der Waals surface area contributed by atoms with Crippen LogP contribution in [0.15, 0.2) is 58.1 Å². The smallest absolute Gasteiger partial charge is 0.248 e. The van der Waals surface area contributed by atoms with Gasteiger partial charge in [-0.05, 0) is 30.3 Å². The Morgan fingerprint density at radius 3 is 2.76 bits per heavy atom. The highest BCUT2D eigenvalue weighted by molar-refractivity contribution is 8.00. The lowest BCUT2D eigenvalue weighted by Gasteiger charge is -2.08. The van der Waals surface area contributed by atoms with Gasteiger partial charge < -0.3 is 15.5 Å². The van der Waals surface area contributed by atoms with Crippen LogP contribution in [0.2, 0.25) is 0 Å². The Labute approximate surface area is 126 Å².